The van der Waals surface area contributed by atoms with Crippen molar-refractivity contribution in [2.24, 2.45) is 0 Å². The predicted molar refractivity (Wildman–Crippen MR) is 94.0 cm³/mol. The number of ether oxygens (including phenoxy) is 1. The topological polar surface area (TPSA) is 93.4 Å². The van der Waals surface area contributed by atoms with Gasteiger partial charge >= 0.3 is 0 Å². The molecule has 0 saturated carbocycles. The summed E-state index contributed by atoms with van der Waals surface area (Å²) in [4.78, 5) is 23.7. The first kappa shape index (κ1) is 17.0. The van der Waals surface area contributed by atoms with Crippen LogP contribution in [0.1, 0.15) is 47.3 Å². The van der Waals surface area contributed by atoms with Crippen LogP contribution in [-0.4, -0.2) is 46.8 Å². The number of aromatic nitrogens is 3. The van der Waals surface area contributed by atoms with Gasteiger partial charge in [-0.2, -0.15) is 0 Å². The number of carbonyl (C=O) groups excluding carboxylic acids is 1. The molecule has 2 aromatic rings. The molecule has 1 saturated heterocycles. The van der Waals surface area contributed by atoms with Crippen molar-refractivity contribution in [2.45, 2.75) is 45.3 Å². The third kappa shape index (κ3) is 3.55. The van der Waals surface area contributed by atoms with Crippen molar-refractivity contribution in [2.75, 3.05) is 24.6 Å². The van der Waals surface area contributed by atoms with E-state index >= 15 is 0 Å². The molecule has 0 aromatic carbocycles. The zero-order chi connectivity index (χ0) is 17.9. The average Bonchev–Trinajstić information content (AvgIpc) is 3.17. The molecule has 1 unspecified atom stereocenters. The van der Waals surface area contributed by atoms with Crippen LogP contribution >= 0.6 is 0 Å². The monoisotopic (exact) mass is 357 g/mol. The normalized spacial score (nSPS) is 19.9. The van der Waals surface area contributed by atoms with E-state index in [9.17, 15) is 4.79 Å². The molecule has 1 amide bonds. The minimum Gasteiger partial charge on any atom is -0.376 e. The van der Waals surface area contributed by atoms with E-state index in [0.29, 0.717) is 31.2 Å². The van der Waals surface area contributed by atoms with Crippen LogP contribution in [0.2, 0.25) is 0 Å². The number of nitrogens with one attached hydrogen (secondary N) is 1. The Kier molecular flexibility index (Phi) is 4.83. The van der Waals surface area contributed by atoms with Gasteiger partial charge in [0.15, 0.2) is 5.69 Å². The summed E-state index contributed by atoms with van der Waals surface area (Å²) in [5.41, 5.74) is 2.48. The van der Waals surface area contributed by atoms with Gasteiger partial charge in [-0.05, 0) is 12.8 Å². The average molecular weight is 357 g/mol. The zero-order valence-corrected chi connectivity index (χ0v) is 14.9. The third-order valence-electron chi connectivity index (χ3n) is 4.86. The highest BCUT2D eigenvalue weighted by molar-refractivity contribution is 5.92. The van der Waals surface area contributed by atoms with E-state index in [2.05, 4.69) is 20.4 Å². The first-order chi connectivity index (χ1) is 12.7. The number of carbonyl (C=O) groups is 1. The fourth-order valence-corrected chi connectivity index (χ4v) is 3.39. The molecule has 4 rings (SSSR count). The standard InChI is InChI=1S/C18H23N5O3/c1-2-14-8-16(22-26-14)17(24)20-13-4-3-6-23(10-13)18-19-9-12-11-25-7-5-15(12)21-18/h8-9,13H,2-7,10-11H2,1H3,(H,20,24). The maximum absolute atomic E-state index is 12.4. The Labute approximate surface area is 151 Å². The van der Waals surface area contributed by atoms with Gasteiger partial charge < -0.3 is 19.5 Å². The Hall–Kier alpha value is -2.48. The zero-order valence-electron chi connectivity index (χ0n) is 14.9. The molecule has 1 fully saturated rings. The quantitative estimate of drug-likeness (QED) is 0.886. The van der Waals surface area contributed by atoms with Crippen LogP contribution in [0.15, 0.2) is 16.8 Å². The molecule has 26 heavy (non-hydrogen) atoms. The summed E-state index contributed by atoms with van der Waals surface area (Å²) in [5, 5.41) is 6.90. The fourth-order valence-electron chi connectivity index (χ4n) is 3.39. The van der Waals surface area contributed by atoms with Gasteiger partial charge in [0.05, 0.1) is 18.9 Å². The second kappa shape index (κ2) is 7.41. The van der Waals surface area contributed by atoms with Gasteiger partial charge in [0, 0.05) is 49.8 Å². The molecule has 2 aliphatic rings. The Morgan fingerprint density at radius 2 is 2.38 bits per heavy atom. The van der Waals surface area contributed by atoms with Crippen LogP contribution in [0.5, 0.6) is 0 Å². The third-order valence-corrected chi connectivity index (χ3v) is 4.86. The molecule has 0 bridgehead atoms. The summed E-state index contributed by atoms with van der Waals surface area (Å²) < 4.78 is 10.6. The Morgan fingerprint density at radius 3 is 3.23 bits per heavy atom. The lowest BCUT2D eigenvalue weighted by Gasteiger charge is -2.33. The van der Waals surface area contributed by atoms with Crippen LogP contribution in [0.25, 0.3) is 0 Å². The summed E-state index contributed by atoms with van der Waals surface area (Å²) in [6, 6.07) is 1.74. The molecule has 0 radical (unpaired) electrons. The summed E-state index contributed by atoms with van der Waals surface area (Å²) in [6.45, 7) is 4.85. The van der Waals surface area contributed by atoms with Crippen molar-refractivity contribution < 1.29 is 14.1 Å². The van der Waals surface area contributed by atoms with Gasteiger partial charge in [-0.25, -0.2) is 9.97 Å². The van der Waals surface area contributed by atoms with Crippen molar-refractivity contribution in [3.8, 4) is 0 Å². The van der Waals surface area contributed by atoms with Crippen LogP contribution < -0.4 is 10.2 Å². The smallest absolute Gasteiger partial charge is 0.273 e. The number of hydrogen-bond acceptors (Lipinski definition) is 7. The van der Waals surface area contributed by atoms with Crippen LogP contribution in [-0.2, 0) is 24.2 Å². The lowest BCUT2D eigenvalue weighted by atomic mass is 10.1. The van der Waals surface area contributed by atoms with Crippen molar-refractivity contribution in [1.29, 1.82) is 0 Å². The number of amides is 1. The molecule has 0 aliphatic carbocycles. The highest BCUT2D eigenvalue weighted by Gasteiger charge is 2.25. The highest BCUT2D eigenvalue weighted by atomic mass is 16.5. The van der Waals surface area contributed by atoms with Crippen LogP contribution in [0.4, 0.5) is 5.95 Å². The molecule has 4 heterocycles. The summed E-state index contributed by atoms with van der Waals surface area (Å²) >= 11 is 0. The molecule has 8 heteroatoms. The molecule has 0 spiro atoms. The lowest BCUT2D eigenvalue weighted by molar-refractivity contribution is 0.0923. The highest BCUT2D eigenvalue weighted by Crippen LogP contribution is 2.20. The van der Waals surface area contributed by atoms with Gasteiger partial charge in [-0.1, -0.05) is 12.1 Å². The second-order valence-electron chi connectivity index (χ2n) is 6.74. The first-order valence-electron chi connectivity index (χ1n) is 9.17. The molecule has 138 valence electrons. The minimum atomic E-state index is -0.191. The summed E-state index contributed by atoms with van der Waals surface area (Å²) in [6.07, 6.45) is 5.32. The van der Waals surface area contributed by atoms with Gasteiger partial charge in [-0.15, -0.1) is 0 Å². The molecular weight excluding hydrogens is 334 g/mol. The van der Waals surface area contributed by atoms with Gasteiger partial charge in [0.25, 0.3) is 5.91 Å². The second-order valence-corrected chi connectivity index (χ2v) is 6.74. The van der Waals surface area contributed by atoms with E-state index in [4.69, 9.17) is 14.2 Å². The number of anilines is 1. The van der Waals surface area contributed by atoms with Crippen molar-refractivity contribution in [3.63, 3.8) is 0 Å². The van der Waals surface area contributed by atoms with Crippen molar-refractivity contribution in [3.05, 3.63) is 35.0 Å². The molecular formula is C18H23N5O3. The molecule has 2 aromatic heterocycles. The van der Waals surface area contributed by atoms with E-state index in [1.807, 2.05) is 13.1 Å². The molecule has 2 aliphatic heterocycles. The minimum absolute atomic E-state index is 0.0426. The van der Waals surface area contributed by atoms with E-state index in [1.165, 1.54) is 0 Å². The number of aryl methyl sites for hydroxylation is 1. The van der Waals surface area contributed by atoms with E-state index in [1.54, 1.807) is 6.07 Å². The fraction of sp³-hybridized carbons (Fsp3) is 0.556. The van der Waals surface area contributed by atoms with Gasteiger partial charge in [-0.3, -0.25) is 4.79 Å². The molecule has 1 atom stereocenters. The number of rotatable bonds is 4. The number of nitrogens with zero attached hydrogens (tertiary/aromatic N) is 4. The van der Waals surface area contributed by atoms with E-state index in [0.717, 1.165) is 49.4 Å². The van der Waals surface area contributed by atoms with Gasteiger partial charge in [0.2, 0.25) is 5.95 Å². The Morgan fingerprint density at radius 1 is 1.46 bits per heavy atom. The van der Waals surface area contributed by atoms with Crippen molar-refractivity contribution >= 4 is 11.9 Å². The summed E-state index contributed by atoms with van der Waals surface area (Å²) in [5.74, 6) is 1.26. The first-order valence-corrected chi connectivity index (χ1v) is 9.17. The predicted octanol–water partition coefficient (Wildman–Crippen LogP) is 1.50. The van der Waals surface area contributed by atoms with Crippen molar-refractivity contribution in [1.82, 2.24) is 20.4 Å². The molecule has 8 nitrogen and oxygen atoms in total. The van der Waals surface area contributed by atoms with Gasteiger partial charge in [0.1, 0.15) is 5.76 Å². The lowest BCUT2D eigenvalue weighted by Crippen LogP contribution is -2.48. The van der Waals surface area contributed by atoms with E-state index < -0.39 is 0 Å². The number of fused-ring (bicyclic) bond motifs is 1. The maximum Gasteiger partial charge on any atom is 0.273 e. The Balaban J connectivity index is 1.41. The van der Waals surface area contributed by atoms with Crippen LogP contribution in [0, 0.1) is 0 Å². The number of hydrogen-bond donors (Lipinski definition) is 1. The largest absolute Gasteiger partial charge is 0.376 e. The maximum atomic E-state index is 12.4. The van der Waals surface area contributed by atoms with E-state index in [-0.39, 0.29) is 11.9 Å². The number of piperidine rings is 1. The SMILES string of the molecule is CCc1cc(C(=O)NC2CCCN(c3ncc4c(n3)CCOC4)C2)no1. The molecule has 1 N–H and O–H groups in total. The Bertz CT molecular complexity index is 791. The van der Waals surface area contributed by atoms with Crippen LogP contribution in [0.3, 0.4) is 0 Å². The summed E-state index contributed by atoms with van der Waals surface area (Å²) in [7, 11) is 0.